The minimum atomic E-state index is -3.49. The number of piperidine rings is 1. The topological polar surface area (TPSA) is 78.5 Å². The second kappa shape index (κ2) is 7.71. The summed E-state index contributed by atoms with van der Waals surface area (Å²) in [6, 6.07) is 6.87. The monoisotopic (exact) mass is 325 g/mol. The minimum Gasteiger partial charge on any atom is -0.351 e. The van der Waals surface area contributed by atoms with E-state index in [1.807, 2.05) is 0 Å². The Morgan fingerprint density at radius 2 is 1.86 bits per heavy atom. The Kier molecular flexibility index (Phi) is 5.93. The molecule has 22 heavy (non-hydrogen) atoms. The van der Waals surface area contributed by atoms with Gasteiger partial charge in [-0.2, -0.15) is 4.31 Å². The van der Waals surface area contributed by atoms with E-state index >= 15 is 0 Å². The van der Waals surface area contributed by atoms with Gasteiger partial charge < -0.3 is 10.6 Å². The van der Waals surface area contributed by atoms with Crippen molar-refractivity contribution in [1.29, 1.82) is 0 Å². The molecule has 1 aliphatic rings. The van der Waals surface area contributed by atoms with Crippen LogP contribution in [0.1, 0.15) is 24.8 Å². The fourth-order valence-electron chi connectivity index (χ4n) is 2.56. The molecule has 1 amide bonds. The van der Waals surface area contributed by atoms with Gasteiger partial charge in [0.1, 0.15) is 0 Å². The van der Waals surface area contributed by atoms with Crippen LogP contribution in [-0.2, 0) is 21.4 Å². The summed E-state index contributed by atoms with van der Waals surface area (Å²) in [5.74, 6) is -0.160. The predicted octanol–water partition coefficient (Wildman–Crippen LogP) is 0.697. The number of benzene rings is 1. The smallest absolute Gasteiger partial charge is 0.243 e. The van der Waals surface area contributed by atoms with E-state index in [-0.39, 0.29) is 19.0 Å². The maximum absolute atomic E-state index is 12.8. The number of nitrogens with one attached hydrogen (secondary N) is 2. The molecule has 1 fully saturated rings. The Labute approximate surface area is 131 Å². The lowest BCUT2D eigenvalue weighted by Crippen LogP contribution is -2.37. The molecule has 2 rings (SSSR count). The van der Waals surface area contributed by atoms with E-state index in [2.05, 4.69) is 10.6 Å². The lowest BCUT2D eigenvalue weighted by molar-refractivity contribution is -0.120. The largest absolute Gasteiger partial charge is 0.351 e. The Hall–Kier alpha value is -1.44. The van der Waals surface area contributed by atoms with Crippen LogP contribution in [0.3, 0.4) is 0 Å². The summed E-state index contributed by atoms with van der Waals surface area (Å²) in [7, 11) is -1.80. The Morgan fingerprint density at radius 3 is 2.55 bits per heavy atom. The molecule has 1 heterocycles. The Bertz CT molecular complexity index is 610. The van der Waals surface area contributed by atoms with Gasteiger partial charge in [0.15, 0.2) is 0 Å². The molecule has 0 atom stereocenters. The quantitative estimate of drug-likeness (QED) is 0.807. The number of hydrogen-bond acceptors (Lipinski definition) is 4. The maximum atomic E-state index is 12.8. The van der Waals surface area contributed by atoms with Gasteiger partial charge in [0, 0.05) is 19.6 Å². The Morgan fingerprint density at radius 1 is 1.18 bits per heavy atom. The fraction of sp³-hybridized carbons (Fsp3) is 0.533. The zero-order valence-corrected chi connectivity index (χ0v) is 13.7. The summed E-state index contributed by atoms with van der Waals surface area (Å²) in [5.41, 5.74) is 0.623. The van der Waals surface area contributed by atoms with Crippen LogP contribution < -0.4 is 10.6 Å². The van der Waals surface area contributed by atoms with Gasteiger partial charge >= 0.3 is 0 Å². The maximum Gasteiger partial charge on any atom is 0.243 e. The Balaban J connectivity index is 2.18. The van der Waals surface area contributed by atoms with Gasteiger partial charge in [-0.25, -0.2) is 8.42 Å². The highest BCUT2D eigenvalue weighted by Crippen LogP contribution is 2.23. The van der Waals surface area contributed by atoms with E-state index < -0.39 is 10.0 Å². The molecule has 0 unspecified atom stereocenters. The zero-order valence-electron chi connectivity index (χ0n) is 12.8. The van der Waals surface area contributed by atoms with Crippen molar-refractivity contribution in [2.45, 2.75) is 30.7 Å². The van der Waals surface area contributed by atoms with Gasteiger partial charge in [0.05, 0.1) is 11.4 Å². The highest BCUT2D eigenvalue weighted by atomic mass is 32.2. The van der Waals surface area contributed by atoms with Crippen molar-refractivity contribution in [3.8, 4) is 0 Å². The molecule has 0 spiro atoms. The zero-order chi connectivity index (χ0) is 16.0. The van der Waals surface area contributed by atoms with Crippen LogP contribution in [0.2, 0.25) is 0 Å². The van der Waals surface area contributed by atoms with Crippen LogP contribution in [0.15, 0.2) is 29.2 Å². The molecule has 0 aromatic heterocycles. The first-order valence-corrected chi connectivity index (χ1v) is 8.99. The fourth-order valence-corrected chi connectivity index (χ4v) is 4.30. The SMILES string of the molecule is CNCC(=O)NCc1ccccc1S(=O)(=O)N1CCCCC1. The predicted molar refractivity (Wildman–Crippen MR) is 84.8 cm³/mol. The standard InChI is InChI=1S/C15H23N3O3S/c1-16-12-15(19)17-11-13-7-3-4-8-14(13)22(20,21)18-9-5-2-6-10-18/h3-4,7-8,16H,2,5-6,9-12H2,1H3,(H,17,19). The first kappa shape index (κ1) is 16.9. The van der Waals surface area contributed by atoms with Crippen molar-refractivity contribution in [1.82, 2.24) is 14.9 Å². The van der Waals surface area contributed by atoms with Crippen LogP contribution >= 0.6 is 0 Å². The first-order valence-electron chi connectivity index (χ1n) is 7.55. The second-order valence-corrected chi connectivity index (χ2v) is 7.29. The first-order chi connectivity index (χ1) is 10.6. The molecule has 1 aromatic rings. The third-order valence-corrected chi connectivity index (χ3v) is 5.72. The molecule has 1 aliphatic heterocycles. The molecule has 2 N–H and O–H groups in total. The summed E-state index contributed by atoms with van der Waals surface area (Å²) >= 11 is 0. The van der Waals surface area contributed by atoms with Crippen molar-refractivity contribution in [2.24, 2.45) is 0 Å². The number of likely N-dealkylation sites (N-methyl/N-ethyl adjacent to an activating group) is 1. The average molecular weight is 325 g/mol. The van der Waals surface area contributed by atoms with E-state index in [0.717, 1.165) is 19.3 Å². The third-order valence-electron chi connectivity index (χ3n) is 3.72. The van der Waals surface area contributed by atoms with Crippen LogP contribution in [0.25, 0.3) is 0 Å². The number of sulfonamides is 1. The minimum absolute atomic E-state index is 0.160. The number of carbonyl (C=O) groups is 1. The van der Waals surface area contributed by atoms with Gasteiger partial charge in [0.25, 0.3) is 0 Å². The van der Waals surface area contributed by atoms with Gasteiger partial charge in [0.2, 0.25) is 15.9 Å². The number of rotatable bonds is 6. The van der Waals surface area contributed by atoms with E-state index in [9.17, 15) is 13.2 Å². The van der Waals surface area contributed by atoms with Crippen LogP contribution in [0.5, 0.6) is 0 Å². The molecule has 1 saturated heterocycles. The summed E-state index contributed by atoms with van der Waals surface area (Å²) < 4.78 is 27.1. The third kappa shape index (κ3) is 4.06. The highest BCUT2D eigenvalue weighted by molar-refractivity contribution is 7.89. The van der Waals surface area contributed by atoms with E-state index in [1.165, 1.54) is 0 Å². The molecule has 0 saturated carbocycles. The van der Waals surface area contributed by atoms with Crippen LogP contribution in [-0.4, -0.2) is 45.3 Å². The van der Waals surface area contributed by atoms with Crippen molar-refractivity contribution in [3.05, 3.63) is 29.8 Å². The normalized spacial score (nSPS) is 16.4. The van der Waals surface area contributed by atoms with Gasteiger partial charge in [-0.3, -0.25) is 4.79 Å². The molecule has 7 heteroatoms. The summed E-state index contributed by atoms with van der Waals surface area (Å²) in [6.45, 7) is 1.57. The van der Waals surface area contributed by atoms with Crippen molar-refractivity contribution < 1.29 is 13.2 Å². The summed E-state index contributed by atoms with van der Waals surface area (Å²) in [5, 5.41) is 5.49. The second-order valence-electron chi connectivity index (χ2n) is 5.38. The van der Waals surface area contributed by atoms with Gasteiger partial charge in [-0.15, -0.1) is 0 Å². The van der Waals surface area contributed by atoms with E-state index in [0.29, 0.717) is 23.5 Å². The number of carbonyl (C=O) groups excluding carboxylic acids is 1. The molecule has 0 radical (unpaired) electrons. The molecular weight excluding hydrogens is 302 g/mol. The number of nitrogens with zero attached hydrogens (tertiary/aromatic N) is 1. The molecule has 6 nitrogen and oxygen atoms in total. The summed E-state index contributed by atoms with van der Waals surface area (Å²) in [6.07, 6.45) is 2.88. The van der Waals surface area contributed by atoms with Crippen LogP contribution in [0, 0.1) is 0 Å². The molecule has 0 bridgehead atoms. The van der Waals surface area contributed by atoms with Gasteiger partial charge in [-0.1, -0.05) is 24.6 Å². The highest BCUT2D eigenvalue weighted by Gasteiger charge is 2.27. The lowest BCUT2D eigenvalue weighted by atomic mass is 10.2. The molecule has 122 valence electrons. The summed E-state index contributed by atoms with van der Waals surface area (Å²) in [4.78, 5) is 11.8. The average Bonchev–Trinajstić information content (AvgIpc) is 2.54. The van der Waals surface area contributed by atoms with Gasteiger partial charge in [-0.05, 0) is 31.5 Å². The van der Waals surface area contributed by atoms with E-state index in [4.69, 9.17) is 0 Å². The van der Waals surface area contributed by atoms with Crippen molar-refractivity contribution in [2.75, 3.05) is 26.7 Å². The lowest BCUT2D eigenvalue weighted by Gasteiger charge is -2.26. The number of amides is 1. The molecule has 0 aliphatic carbocycles. The van der Waals surface area contributed by atoms with Crippen molar-refractivity contribution in [3.63, 3.8) is 0 Å². The molecule has 1 aromatic carbocycles. The van der Waals surface area contributed by atoms with Crippen molar-refractivity contribution >= 4 is 15.9 Å². The molecular formula is C15H23N3O3S. The van der Waals surface area contributed by atoms with Crippen LogP contribution in [0.4, 0.5) is 0 Å². The number of hydrogen-bond donors (Lipinski definition) is 2. The van der Waals surface area contributed by atoms with E-state index in [1.54, 1.807) is 35.6 Å².